The maximum Gasteiger partial charge on any atom is 0.317 e. The van der Waals surface area contributed by atoms with Crippen molar-refractivity contribution in [2.75, 3.05) is 26.7 Å². The number of amides is 1. The Morgan fingerprint density at radius 3 is 2.50 bits per heavy atom. The Morgan fingerprint density at radius 2 is 1.79 bits per heavy atom. The number of carboxylic acids is 1. The average Bonchev–Trinajstić information content (AvgIpc) is 2.81. The molecule has 1 saturated carbocycles. The van der Waals surface area contributed by atoms with Gasteiger partial charge in [0.2, 0.25) is 5.91 Å². The summed E-state index contributed by atoms with van der Waals surface area (Å²) in [5.74, 6) is 0.370. The predicted molar refractivity (Wildman–Crippen MR) is 94.9 cm³/mol. The highest BCUT2D eigenvalue weighted by Crippen LogP contribution is 2.28. The molecule has 1 heterocycles. The first-order chi connectivity index (χ1) is 11.6. The number of likely N-dealkylation sites (N-methyl/N-ethyl adjacent to an activating group) is 1. The smallest absolute Gasteiger partial charge is 0.317 e. The van der Waals surface area contributed by atoms with Crippen molar-refractivity contribution in [2.45, 2.75) is 76.7 Å². The van der Waals surface area contributed by atoms with Gasteiger partial charge in [-0.15, -0.1) is 0 Å². The molecule has 1 N–H and O–H groups in total. The highest BCUT2D eigenvalue weighted by molar-refractivity contribution is 5.76. The molecule has 2 rings (SSSR count). The largest absolute Gasteiger partial charge is 0.480 e. The Bertz CT molecular complexity index is 407. The van der Waals surface area contributed by atoms with Gasteiger partial charge in [-0.1, -0.05) is 32.1 Å². The van der Waals surface area contributed by atoms with Crippen molar-refractivity contribution >= 4 is 11.9 Å². The lowest BCUT2D eigenvalue weighted by Gasteiger charge is -2.26. The zero-order valence-corrected chi connectivity index (χ0v) is 15.2. The van der Waals surface area contributed by atoms with E-state index < -0.39 is 5.97 Å². The second kappa shape index (κ2) is 10.0. The third-order valence-corrected chi connectivity index (χ3v) is 5.79. The van der Waals surface area contributed by atoms with Gasteiger partial charge in [0.25, 0.3) is 0 Å². The number of rotatable bonds is 7. The number of likely N-dealkylation sites (tertiary alicyclic amines) is 1. The lowest BCUT2D eigenvalue weighted by Crippen LogP contribution is -2.37. The molecule has 1 aliphatic heterocycles. The summed E-state index contributed by atoms with van der Waals surface area (Å²) >= 11 is 0. The number of aliphatic carboxylic acids is 1. The van der Waals surface area contributed by atoms with Gasteiger partial charge in [0.1, 0.15) is 0 Å². The summed E-state index contributed by atoms with van der Waals surface area (Å²) in [6.45, 7) is 1.69. The topological polar surface area (TPSA) is 60.9 Å². The Balaban J connectivity index is 1.68. The van der Waals surface area contributed by atoms with Crippen LogP contribution in [0.2, 0.25) is 0 Å². The van der Waals surface area contributed by atoms with Crippen molar-refractivity contribution in [3.8, 4) is 0 Å². The monoisotopic (exact) mass is 338 g/mol. The zero-order chi connectivity index (χ0) is 17.4. The summed E-state index contributed by atoms with van der Waals surface area (Å²) in [6.07, 6.45) is 12.6. The lowest BCUT2D eigenvalue weighted by atomic mass is 9.86. The van der Waals surface area contributed by atoms with Crippen LogP contribution in [0.4, 0.5) is 0 Å². The summed E-state index contributed by atoms with van der Waals surface area (Å²) in [7, 11) is 1.88. The van der Waals surface area contributed by atoms with Gasteiger partial charge in [0, 0.05) is 25.6 Å². The van der Waals surface area contributed by atoms with Crippen LogP contribution in [0.25, 0.3) is 0 Å². The highest BCUT2D eigenvalue weighted by Gasteiger charge is 2.24. The van der Waals surface area contributed by atoms with Crippen molar-refractivity contribution < 1.29 is 14.7 Å². The van der Waals surface area contributed by atoms with Crippen LogP contribution < -0.4 is 0 Å². The second-order valence-electron chi connectivity index (χ2n) is 7.67. The van der Waals surface area contributed by atoms with Crippen LogP contribution >= 0.6 is 0 Å². The summed E-state index contributed by atoms with van der Waals surface area (Å²) in [5, 5.41) is 8.92. The Morgan fingerprint density at radius 1 is 1.04 bits per heavy atom. The molecule has 2 aliphatic rings. The van der Waals surface area contributed by atoms with E-state index in [1.54, 1.807) is 0 Å². The van der Waals surface area contributed by atoms with Crippen molar-refractivity contribution in [2.24, 2.45) is 5.92 Å². The van der Waals surface area contributed by atoms with Crippen molar-refractivity contribution in [1.82, 2.24) is 9.80 Å². The third-order valence-electron chi connectivity index (χ3n) is 5.79. The van der Waals surface area contributed by atoms with Gasteiger partial charge in [-0.25, -0.2) is 0 Å². The summed E-state index contributed by atoms with van der Waals surface area (Å²) in [5.41, 5.74) is 0. The number of carbonyl (C=O) groups excluding carboxylic acids is 1. The van der Waals surface area contributed by atoms with Crippen LogP contribution in [0, 0.1) is 5.92 Å². The summed E-state index contributed by atoms with van der Waals surface area (Å²) in [4.78, 5) is 27.2. The standard InChI is InChI=1S/C19H34N2O3/c1-20(15-19(23)24)17-10-6-13-21(14-12-17)18(22)11-5-9-16-7-3-2-4-8-16/h16-17H,2-15H2,1H3,(H,23,24). The van der Waals surface area contributed by atoms with E-state index in [0.717, 1.165) is 44.7 Å². The Hall–Kier alpha value is -1.10. The number of hydrogen-bond acceptors (Lipinski definition) is 3. The van der Waals surface area contributed by atoms with Crippen LogP contribution in [0.5, 0.6) is 0 Å². The minimum absolute atomic E-state index is 0.0833. The SMILES string of the molecule is CN(CC(=O)O)C1CCCN(C(=O)CCCC2CCCCC2)CC1. The van der Waals surface area contributed by atoms with Gasteiger partial charge in [0.15, 0.2) is 0 Å². The normalized spacial score (nSPS) is 23.2. The summed E-state index contributed by atoms with van der Waals surface area (Å²) < 4.78 is 0. The van der Waals surface area contributed by atoms with E-state index in [9.17, 15) is 9.59 Å². The van der Waals surface area contributed by atoms with Crippen LogP contribution in [0.15, 0.2) is 0 Å². The number of carbonyl (C=O) groups is 2. The quantitative estimate of drug-likeness (QED) is 0.775. The molecule has 1 atom stereocenters. The van der Waals surface area contributed by atoms with E-state index in [2.05, 4.69) is 0 Å². The van der Waals surface area contributed by atoms with Gasteiger partial charge in [-0.2, -0.15) is 0 Å². The Labute approximate surface area is 146 Å². The predicted octanol–water partition coefficient (Wildman–Crippen LogP) is 3.13. The van der Waals surface area contributed by atoms with Crippen LogP contribution in [-0.4, -0.2) is 59.5 Å². The first kappa shape index (κ1) is 19.2. The highest BCUT2D eigenvalue weighted by atomic mass is 16.4. The third kappa shape index (κ3) is 6.42. The maximum atomic E-state index is 12.5. The number of nitrogens with zero attached hydrogens (tertiary/aromatic N) is 2. The summed E-state index contributed by atoms with van der Waals surface area (Å²) in [6, 6.07) is 0.279. The first-order valence-corrected chi connectivity index (χ1v) is 9.76. The first-order valence-electron chi connectivity index (χ1n) is 9.76. The fraction of sp³-hybridized carbons (Fsp3) is 0.895. The molecule has 0 radical (unpaired) electrons. The van der Waals surface area contributed by atoms with E-state index in [0.29, 0.717) is 12.3 Å². The molecule has 0 bridgehead atoms. The van der Waals surface area contributed by atoms with Crippen molar-refractivity contribution in [1.29, 1.82) is 0 Å². The van der Waals surface area contributed by atoms with E-state index in [1.165, 1.54) is 38.5 Å². The molecular weight excluding hydrogens is 304 g/mol. The molecule has 138 valence electrons. The van der Waals surface area contributed by atoms with Gasteiger partial charge >= 0.3 is 5.97 Å². The van der Waals surface area contributed by atoms with Crippen molar-refractivity contribution in [3.63, 3.8) is 0 Å². The zero-order valence-electron chi connectivity index (χ0n) is 15.2. The molecule has 1 aliphatic carbocycles. The molecule has 1 saturated heterocycles. The molecule has 2 fully saturated rings. The minimum Gasteiger partial charge on any atom is -0.480 e. The van der Waals surface area contributed by atoms with E-state index in [1.807, 2.05) is 16.8 Å². The lowest BCUT2D eigenvalue weighted by molar-refractivity contribution is -0.138. The second-order valence-corrected chi connectivity index (χ2v) is 7.67. The molecule has 24 heavy (non-hydrogen) atoms. The molecular formula is C19H34N2O3. The molecule has 1 amide bonds. The molecule has 5 nitrogen and oxygen atoms in total. The minimum atomic E-state index is -0.780. The Kier molecular flexibility index (Phi) is 8.03. The van der Waals surface area contributed by atoms with Crippen molar-refractivity contribution in [3.05, 3.63) is 0 Å². The van der Waals surface area contributed by atoms with Crippen LogP contribution in [0.1, 0.15) is 70.6 Å². The van der Waals surface area contributed by atoms with Gasteiger partial charge < -0.3 is 10.0 Å². The van der Waals surface area contributed by atoms with Crippen LogP contribution in [-0.2, 0) is 9.59 Å². The van der Waals surface area contributed by atoms with Gasteiger partial charge in [0.05, 0.1) is 6.54 Å². The molecule has 5 heteroatoms. The number of hydrogen-bond donors (Lipinski definition) is 1. The van der Waals surface area contributed by atoms with Gasteiger partial charge in [-0.3, -0.25) is 14.5 Å². The fourth-order valence-electron chi connectivity index (χ4n) is 4.29. The molecule has 0 aromatic heterocycles. The molecule has 0 aromatic carbocycles. The van der Waals surface area contributed by atoms with E-state index >= 15 is 0 Å². The van der Waals surface area contributed by atoms with Gasteiger partial charge in [-0.05, 0) is 45.1 Å². The maximum absolute atomic E-state index is 12.5. The van der Waals surface area contributed by atoms with E-state index in [4.69, 9.17) is 5.11 Å². The number of carboxylic acid groups (broad SMARTS) is 1. The molecule has 0 spiro atoms. The average molecular weight is 338 g/mol. The molecule has 0 aromatic rings. The van der Waals surface area contributed by atoms with Crippen LogP contribution in [0.3, 0.4) is 0 Å². The molecule has 1 unspecified atom stereocenters. The van der Waals surface area contributed by atoms with E-state index in [-0.39, 0.29) is 12.6 Å². The fourth-order valence-corrected chi connectivity index (χ4v) is 4.29.